The van der Waals surface area contributed by atoms with Gasteiger partial charge in [-0.15, -0.1) is 0 Å². The molecule has 0 bridgehead atoms. The fourth-order valence-electron chi connectivity index (χ4n) is 5.00. The van der Waals surface area contributed by atoms with Crippen LogP contribution in [0.15, 0.2) is 67.0 Å². The summed E-state index contributed by atoms with van der Waals surface area (Å²) in [6.45, 7) is 9.71. The van der Waals surface area contributed by atoms with E-state index in [2.05, 4.69) is 93.2 Å². The summed E-state index contributed by atoms with van der Waals surface area (Å²) in [4.78, 5) is 0. The maximum Gasteiger partial charge on any atom is 0.169 e. The number of phenolic OH excluding ortho intramolecular Hbond substituents is 1. The molecular weight excluding hydrogens is 406 g/mol. The summed E-state index contributed by atoms with van der Waals surface area (Å²) in [6.07, 6.45) is 9.69. The molecule has 2 heterocycles. The van der Waals surface area contributed by atoms with Gasteiger partial charge in [-0.25, -0.2) is 4.57 Å². The van der Waals surface area contributed by atoms with Crippen LogP contribution in [0.25, 0.3) is 0 Å². The maximum atomic E-state index is 11.1. The van der Waals surface area contributed by atoms with Crippen molar-refractivity contribution in [2.24, 2.45) is 0 Å². The number of hydrogen-bond acceptors (Lipinski definition) is 2. The number of pyridine rings is 1. The number of aryl methyl sites for hydroxylation is 2. The summed E-state index contributed by atoms with van der Waals surface area (Å²) >= 11 is 0. The van der Waals surface area contributed by atoms with Crippen LogP contribution in [-0.2, 0) is 13.0 Å². The molecule has 0 saturated carbocycles. The number of hydrogen-bond donors (Lipinski definition) is 1. The molecule has 0 aliphatic carbocycles. The van der Waals surface area contributed by atoms with Crippen molar-refractivity contribution in [3.05, 3.63) is 89.2 Å². The maximum absolute atomic E-state index is 11.1. The fraction of sp³-hybridized carbons (Fsp3) is 0.433. The number of rotatable bonds is 8. The van der Waals surface area contributed by atoms with Gasteiger partial charge in [-0.1, -0.05) is 57.0 Å². The lowest BCUT2D eigenvalue weighted by molar-refractivity contribution is -0.696. The molecule has 174 valence electrons. The molecule has 0 radical (unpaired) electrons. The van der Waals surface area contributed by atoms with Crippen molar-refractivity contribution in [3.63, 3.8) is 0 Å². The van der Waals surface area contributed by atoms with Gasteiger partial charge in [0.25, 0.3) is 0 Å². The zero-order valence-corrected chi connectivity index (χ0v) is 20.6. The lowest BCUT2D eigenvalue weighted by Crippen LogP contribution is -2.36. The first-order valence-electron chi connectivity index (χ1n) is 12.4. The minimum absolute atomic E-state index is 0.118. The first-order chi connectivity index (χ1) is 15.9. The number of phenols is 1. The van der Waals surface area contributed by atoms with E-state index in [0.717, 1.165) is 37.1 Å². The van der Waals surface area contributed by atoms with Gasteiger partial charge in [0.2, 0.25) is 0 Å². The number of fused-ring (bicyclic) bond motifs is 1. The average Bonchev–Trinajstić information content (AvgIpc) is 2.80. The number of ether oxygens (including phenoxy) is 1. The summed E-state index contributed by atoms with van der Waals surface area (Å²) in [5.41, 5.74) is 4.40. The second kappa shape index (κ2) is 9.99. The van der Waals surface area contributed by atoms with E-state index in [0.29, 0.717) is 11.7 Å². The Kier molecular flexibility index (Phi) is 7.07. The Hall–Kier alpha value is -2.81. The second-order valence-electron chi connectivity index (χ2n) is 10.2. The standard InChI is InChI=1S/C30H37NO2/c1-5-6-10-22(2)25-19-27(32)29-26(21-30(3,4)33-28(29)20-25)24-14-17-31(18-15-24)16-13-23-11-8-7-9-12-23/h7-9,11-12,14-15,17-20,22,26H,5-6,10,13,16,21H2,1-4H3/p+1. The van der Waals surface area contributed by atoms with E-state index in [1.54, 1.807) is 0 Å². The lowest BCUT2D eigenvalue weighted by Gasteiger charge is -2.38. The van der Waals surface area contributed by atoms with Crippen molar-refractivity contribution in [3.8, 4) is 11.5 Å². The highest BCUT2D eigenvalue weighted by Gasteiger charge is 2.37. The Morgan fingerprint density at radius 2 is 1.82 bits per heavy atom. The van der Waals surface area contributed by atoms with E-state index >= 15 is 0 Å². The molecule has 1 aliphatic heterocycles. The first-order valence-corrected chi connectivity index (χ1v) is 12.4. The number of aromatic hydroxyl groups is 1. The smallest absolute Gasteiger partial charge is 0.169 e. The van der Waals surface area contributed by atoms with Crippen LogP contribution in [0.1, 0.15) is 87.5 Å². The van der Waals surface area contributed by atoms with E-state index in [9.17, 15) is 5.11 Å². The summed E-state index contributed by atoms with van der Waals surface area (Å²) < 4.78 is 8.63. The zero-order chi connectivity index (χ0) is 23.4. The van der Waals surface area contributed by atoms with Crippen LogP contribution >= 0.6 is 0 Å². The topological polar surface area (TPSA) is 33.3 Å². The number of unbranched alkanes of at least 4 members (excludes halogenated alkanes) is 1. The number of aromatic nitrogens is 1. The third kappa shape index (κ3) is 5.58. The molecule has 1 aromatic heterocycles. The predicted octanol–water partition coefficient (Wildman–Crippen LogP) is 6.91. The molecular formula is C30H38NO2+. The Morgan fingerprint density at radius 3 is 2.52 bits per heavy atom. The molecule has 33 heavy (non-hydrogen) atoms. The van der Waals surface area contributed by atoms with Gasteiger partial charge in [0, 0.05) is 30.0 Å². The molecule has 2 atom stereocenters. The van der Waals surface area contributed by atoms with E-state index in [4.69, 9.17) is 4.74 Å². The minimum Gasteiger partial charge on any atom is -0.507 e. The molecule has 0 spiro atoms. The van der Waals surface area contributed by atoms with Gasteiger partial charge < -0.3 is 9.84 Å². The highest BCUT2D eigenvalue weighted by atomic mass is 16.5. The van der Waals surface area contributed by atoms with Crippen LogP contribution in [-0.4, -0.2) is 10.7 Å². The van der Waals surface area contributed by atoms with Crippen molar-refractivity contribution in [1.82, 2.24) is 0 Å². The average molecular weight is 445 g/mol. The van der Waals surface area contributed by atoms with Crippen LogP contribution in [0.2, 0.25) is 0 Å². The van der Waals surface area contributed by atoms with Crippen LogP contribution in [0.5, 0.6) is 11.5 Å². The minimum atomic E-state index is -0.283. The SMILES string of the molecule is CCCCC(C)c1cc(O)c2c(c1)OC(C)(C)CC2c1cc[n+](CCc2ccccc2)cc1. The molecule has 0 fully saturated rings. The molecule has 4 rings (SSSR count). The number of benzene rings is 2. The van der Waals surface area contributed by atoms with Crippen molar-refractivity contribution in [1.29, 1.82) is 0 Å². The van der Waals surface area contributed by atoms with E-state index in [1.807, 2.05) is 6.07 Å². The van der Waals surface area contributed by atoms with E-state index in [-0.39, 0.29) is 11.5 Å². The van der Waals surface area contributed by atoms with Gasteiger partial charge >= 0.3 is 0 Å². The molecule has 0 amide bonds. The van der Waals surface area contributed by atoms with Gasteiger partial charge in [-0.2, -0.15) is 0 Å². The van der Waals surface area contributed by atoms with Crippen molar-refractivity contribution >= 4 is 0 Å². The molecule has 3 nitrogen and oxygen atoms in total. The van der Waals surface area contributed by atoms with E-state index in [1.165, 1.54) is 29.5 Å². The van der Waals surface area contributed by atoms with E-state index < -0.39 is 0 Å². The Balaban J connectivity index is 1.58. The molecule has 1 aliphatic rings. The second-order valence-corrected chi connectivity index (χ2v) is 10.2. The van der Waals surface area contributed by atoms with Gasteiger partial charge in [-0.3, -0.25) is 0 Å². The molecule has 2 unspecified atom stereocenters. The van der Waals surface area contributed by atoms with Gasteiger partial charge in [-0.05, 0) is 61.4 Å². The highest BCUT2D eigenvalue weighted by molar-refractivity contribution is 5.54. The van der Waals surface area contributed by atoms with Crippen LogP contribution < -0.4 is 9.30 Å². The fourth-order valence-corrected chi connectivity index (χ4v) is 5.00. The molecule has 1 N–H and O–H groups in total. The van der Waals surface area contributed by atoms with Crippen molar-refractivity contribution in [2.75, 3.05) is 0 Å². The molecule has 3 aromatic rings. The summed E-state index contributed by atoms with van der Waals surface area (Å²) in [6, 6.07) is 19.2. The Morgan fingerprint density at radius 1 is 1.09 bits per heavy atom. The largest absolute Gasteiger partial charge is 0.507 e. The van der Waals surface area contributed by atoms with Gasteiger partial charge in [0.15, 0.2) is 18.9 Å². The number of nitrogens with zero attached hydrogens (tertiary/aromatic N) is 1. The third-order valence-corrected chi connectivity index (χ3v) is 6.95. The quantitative estimate of drug-likeness (QED) is 0.383. The summed E-state index contributed by atoms with van der Waals surface area (Å²) in [5, 5.41) is 11.1. The lowest BCUT2D eigenvalue weighted by atomic mass is 9.79. The molecule has 2 aromatic carbocycles. The molecule has 0 saturated heterocycles. The first kappa shape index (κ1) is 23.4. The van der Waals surface area contributed by atoms with Crippen molar-refractivity contribution < 1.29 is 14.4 Å². The van der Waals surface area contributed by atoms with Crippen LogP contribution in [0, 0.1) is 0 Å². The van der Waals surface area contributed by atoms with Crippen LogP contribution in [0.4, 0.5) is 0 Å². The zero-order valence-electron chi connectivity index (χ0n) is 20.6. The Labute approximate surface area is 199 Å². The molecule has 3 heteroatoms. The normalized spacial score (nSPS) is 17.8. The van der Waals surface area contributed by atoms with Gasteiger partial charge in [0.1, 0.15) is 17.1 Å². The Bertz CT molecular complexity index is 1060. The summed E-state index contributed by atoms with van der Waals surface area (Å²) in [5.74, 6) is 1.74. The summed E-state index contributed by atoms with van der Waals surface area (Å²) in [7, 11) is 0. The predicted molar refractivity (Wildman–Crippen MR) is 134 cm³/mol. The third-order valence-electron chi connectivity index (χ3n) is 6.95. The highest BCUT2D eigenvalue weighted by Crippen LogP contribution is 2.49. The van der Waals surface area contributed by atoms with Crippen LogP contribution in [0.3, 0.4) is 0 Å². The van der Waals surface area contributed by atoms with Crippen molar-refractivity contribution in [2.45, 2.75) is 83.8 Å². The monoisotopic (exact) mass is 444 g/mol. The van der Waals surface area contributed by atoms with Gasteiger partial charge in [0.05, 0.1) is 0 Å².